The third-order valence-corrected chi connectivity index (χ3v) is 4.89. The monoisotopic (exact) mass is 352 g/mol. The first kappa shape index (κ1) is 18.7. The SMILES string of the molecule is CCOc1cccn2c(C(=O)CC3(CO)CCCC3)c(C)nc12.Cl. The summed E-state index contributed by atoms with van der Waals surface area (Å²) in [6, 6.07) is 3.74. The Morgan fingerprint density at radius 1 is 1.42 bits per heavy atom. The van der Waals surface area contributed by atoms with Gasteiger partial charge >= 0.3 is 0 Å². The van der Waals surface area contributed by atoms with Gasteiger partial charge in [-0.3, -0.25) is 9.20 Å². The normalized spacial score (nSPS) is 16.1. The number of imidazole rings is 1. The van der Waals surface area contributed by atoms with Gasteiger partial charge in [-0.05, 0) is 38.8 Å². The van der Waals surface area contributed by atoms with E-state index in [0.717, 1.165) is 25.7 Å². The van der Waals surface area contributed by atoms with E-state index in [1.807, 2.05) is 36.6 Å². The number of hydrogen-bond donors (Lipinski definition) is 1. The molecule has 1 N–H and O–H groups in total. The number of aliphatic hydroxyl groups is 1. The van der Waals surface area contributed by atoms with E-state index >= 15 is 0 Å². The predicted octanol–water partition coefficient (Wildman–Crippen LogP) is 3.59. The van der Waals surface area contributed by atoms with Gasteiger partial charge in [-0.25, -0.2) is 4.98 Å². The highest BCUT2D eigenvalue weighted by Gasteiger charge is 2.36. The predicted molar refractivity (Wildman–Crippen MR) is 95.3 cm³/mol. The number of pyridine rings is 1. The van der Waals surface area contributed by atoms with E-state index < -0.39 is 0 Å². The fourth-order valence-corrected chi connectivity index (χ4v) is 3.70. The van der Waals surface area contributed by atoms with Crippen molar-refractivity contribution >= 4 is 23.8 Å². The molecule has 0 bridgehead atoms. The maximum absolute atomic E-state index is 12.9. The molecule has 0 atom stereocenters. The Kier molecular flexibility index (Phi) is 5.88. The maximum atomic E-state index is 12.9. The highest BCUT2D eigenvalue weighted by Crippen LogP contribution is 2.41. The number of rotatable bonds is 6. The van der Waals surface area contributed by atoms with Gasteiger partial charge in [0.2, 0.25) is 0 Å². The molecule has 24 heavy (non-hydrogen) atoms. The molecule has 0 spiro atoms. The molecule has 0 aromatic carbocycles. The smallest absolute Gasteiger partial charge is 0.182 e. The van der Waals surface area contributed by atoms with Crippen LogP contribution in [0.2, 0.25) is 0 Å². The van der Waals surface area contributed by atoms with Gasteiger partial charge < -0.3 is 9.84 Å². The number of carbonyl (C=O) groups excluding carboxylic acids is 1. The Hall–Kier alpha value is -1.59. The molecular formula is C18H25ClN2O3. The molecule has 0 saturated heterocycles. The van der Waals surface area contributed by atoms with Crippen LogP contribution in [0.4, 0.5) is 0 Å². The number of ether oxygens (including phenoxy) is 1. The Bertz CT molecular complexity index is 720. The quantitative estimate of drug-likeness (QED) is 0.807. The second-order valence-electron chi connectivity index (χ2n) is 6.51. The molecule has 0 amide bonds. The van der Waals surface area contributed by atoms with Crippen molar-refractivity contribution in [1.29, 1.82) is 0 Å². The number of hydrogen-bond acceptors (Lipinski definition) is 4. The summed E-state index contributed by atoms with van der Waals surface area (Å²) in [6.45, 7) is 4.42. The van der Waals surface area contributed by atoms with Crippen LogP contribution in [-0.2, 0) is 0 Å². The van der Waals surface area contributed by atoms with Crippen LogP contribution < -0.4 is 4.74 Å². The molecule has 0 unspecified atom stereocenters. The Morgan fingerprint density at radius 3 is 2.75 bits per heavy atom. The number of aromatic nitrogens is 2. The van der Waals surface area contributed by atoms with Crippen molar-refractivity contribution in [3.05, 3.63) is 29.7 Å². The van der Waals surface area contributed by atoms with Crippen LogP contribution in [0.15, 0.2) is 18.3 Å². The molecule has 1 saturated carbocycles. The molecule has 1 fully saturated rings. The van der Waals surface area contributed by atoms with Crippen LogP contribution in [0.3, 0.4) is 0 Å². The van der Waals surface area contributed by atoms with E-state index in [1.54, 1.807) is 0 Å². The van der Waals surface area contributed by atoms with Crippen molar-refractivity contribution in [2.75, 3.05) is 13.2 Å². The van der Waals surface area contributed by atoms with Crippen LogP contribution in [0.25, 0.3) is 5.65 Å². The fraction of sp³-hybridized carbons (Fsp3) is 0.556. The lowest BCUT2D eigenvalue weighted by atomic mass is 9.81. The lowest BCUT2D eigenvalue weighted by Crippen LogP contribution is -2.26. The second kappa shape index (κ2) is 7.53. The van der Waals surface area contributed by atoms with E-state index in [0.29, 0.717) is 35.8 Å². The van der Waals surface area contributed by atoms with E-state index in [1.165, 1.54) is 0 Å². The molecule has 2 heterocycles. The fourth-order valence-electron chi connectivity index (χ4n) is 3.70. The third-order valence-electron chi connectivity index (χ3n) is 4.89. The minimum absolute atomic E-state index is 0. The zero-order valence-electron chi connectivity index (χ0n) is 14.2. The number of carbonyl (C=O) groups is 1. The molecule has 2 aromatic heterocycles. The number of nitrogens with zero attached hydrogens (tertiary/aromatic N) is 2. The molecule has 6 heteroatoms. The minimum atomic E-state index is -0.245. The molecule has 1 aliphatic rings. The molecule has 0 radical (unpaired) electrons. The summed E-state index contributed by atoms with van der Waals surface area (Å²) in [5.41, 5.74) is 1.76. The van der Waals surface area contributed by atoms with Crippen LogP contribution in [-0.4, -0.2) is 33.5 Å². The molecule has 2 aromatic rings. The molecule has 3 rings (SSSR count). The topological polar surface area (TPSA) is 63.8 Å². The van der Waals surface area contributed by atoms with Crippen LogP contribution in [0, 0.1) is 12.3 Å². The maximum Gasteiger partial charge on any atom is 0.182 e. The highest BCUT2D eigenvalue weighted by molar-refractivity contribution is 5.97. The van der Waals surface area contributed by atoms with Crippen molar-refractivity contribution in [1.82, 2.24) is 9.38 Å². The Balaban J connectivity index is 0.00000208. The van der Waals surface area contributed by atoms with E-state index in [4.69, 9.17) is 4.74 Å². The van der Waals surface area contributed by atoms with Crippen molar-refractivity contribution < 1.29 is 14.6 Å². The number of ketones is 1. The highest BCUT2D eigenvalue weighted by atomic mass is 35.5. The summed E-state index contributed by atoms with van der Waals surface area (Å²) in [5, 5.41) is 9.76. The largest absolute Gasteiger partial charge is 0.490 e. The Morgan fingerprint density at radius 2 is 2.12 bits per heavy atom. The second-order valence-corrected chi connectivity index (χ2v) is 6.51. The minimum Gasteiger partial charge on any atom is -0.490 e. The van der Waals surface area contributed by atoms with Gasteiger partial charge in [0, 0.05) is 24.6 Å². The molecular weight excluding hydrogens is 328 g/mol. The lowest BCUT2D eigenvalue weighted by Gasteiger charge is -2.25. The van der Waals surface area contributed by atoms with Crippen LogP contribution in [0.1, 0.15) is 55.2 Å². The number of fused-ring (bicyclic) bond motifs is 1. The first-order valence-corrected chi connectivity index (χ1v) is 8.35. The summed E-state index contributed by atoms with van der Waals surface area (Å²) in [7, 11) is 0. The number of Topliss-reactive ketones (excluding diaryl/α,β-unsaturated/α-hetero) is 1. The zero-order valence-corrected chi connectivity index (χ0v) is 15.1. The van der Waals surface area contributed by atoms with Gasteiger partial charge in [0.1, 0.15) is 5.69 Å². The summed E-state index contributed by atoms with van der Waals surface area (Å²) in [5.74, 6) is 0.745. The summed E-state index contributed by atoms with van der Waals surface area (Å²) in [6.07, 6.45) is 6.27. The number of aliphatic hydroxyl groups excluding tert-OH is 1. The van der Waals surface area contributed by atoms with Crippen molar-refractivity contribution in [2.24, 2.45) is 5.41 Å². The van der Waals surface area contributed by atoms with Gasteiger partial charge in [0.05, 0.1) is 12.3 Å². The van der Waals surface area contributed by atoms with E-state index in [-0.39, 0.29) is 30.2 Å². The average molecular weight is 353 g/mol. The van der Waals surface area contributed by atoms with E-state index in [2.05, 4.69) is 4.98 Å². The van der Waals surface area contributed by atoms with Crippen LogP contribution in [0.5, 0.6) is 5.75 Å². The summed E-state index contributed by atoms with van der Waals surface area (Å²) < 4.78 is 7.43. The molecule has 1 aliphatic carbocycles. The molecule has 132 valence electrons. The van der Waals surface area contributed by atoms with Gasteiger partial charge in [0.15, 0.2) is 17.2 Å². The lowest BCUT2D eigenvalue weighted by molar-refractivity contribution is 0.0787. The van der Waals surface area contributed by atoms with Crippen LogP contribution >= 0.6 is 12.4 Å². The summed E-state index contributed by atoms with van der Waals surface area (Å²) >= 11 is 0. The molecule has 5 nitrogen and oxygen atoms in total. The van der Waals surface area contributed by atoms with Crippen molar-refractivity contribution in [2.45, 2.75) is 46.0 Å². The number of halogens is 1. The average Bonchev–Trinajstić information content (AvgIpc) is 3.12. The summed E-state index contributed by atoms with van der Waals surface area (Å²) in [4.78, 5) is 17.4. The van der Waals surface area contributed by atoms with E-state index in [9.17, 15) is 9.90 Å². The van der Waals surface area contributed by atoms with Gasteiger partial charge in [0.25, 0.3) is 0 Å². The third kappa shape index (κ3) is 3.28. The van der Waals surface area contributed by atoms with Gasteiger partial charge in [-0.1, -0.05) is 12.8 Å². The Labute approximate surface area is 148 Å². The zero-order chi connectivity index (χ0) is 16.4. The van der Waals surface area contributed by atoms with Gasteiger partial charge in [-0.2, -0.15) is 0 Å². The first-order valence-electron chi connectivity index (χ1n) is 8.35. The molecule has 0 aliphatic heterocycles. The first-order chi connectivity index (χ1) is 11.1. The van der Waals surface area contributed by atoms with Crippen molar-refractivity contribution in [3.8, 4) is 5.75 Å². The standard InChI is InChI=1S/C18H24N2O3.ClH/c1-3-23-15-7-6-10-20-16(13(2)19-17(15)20)14(22)11-18(12-21)8-4-5-9-18;/h6-7,10,21H,3-5,8-9,11-12H2,1-2H3;1H. The number of aryl methyl sites for hydroxylation is 1. The van der Waals surface area contributed by atoms with Gasteiger partial charge in [-0.15, -0.1) is 12.4 Å². The van der Waals surface area contributed by atoms with Crippen molar-refractivity contribution in [3.63, 3.8) is 0 Å².